The van der Waals surface area contributed by atoms with Gasteiger partial charge in [0.2, 0.25) is 5.91 Å². The van der Waals surface area contributed by atoms with Crippen molar-refractivity contribution in [3.05, 3.63) is 17.8 Å². The molecule has 0 aliphatic heterocycles. The predicted molar refractivity (Wildman–Crippen MR) is 64.8 cm³/mol. The summed E-state index contributed by atoms with van der Waals surface area (Å²) in [7, 11) is 1.60. The van der Waals surface area contributed by atoms with Gasteiger partial charge in [0.05, 0.1) is 12.3 Å². The van der Waals surface area contributed by atoms with Gasteiger partial charge in [-0.25, -0.2) is 0 Å². The molecule has 0 atom stereocenters. The van der Waals surface area contributed by atoms with Crippen molar-refractivity contribution in [2.75, 3.05) is 32.1 Å². The Morgan fingerprint density at radius 3 is 2.82 bits per heavy atom. The van der Waals surface area contributed by atoms with Crippen molar-refractivity contribution < 1.29 is 9.53 Å². The Bertz CT molecular complexity index is 340. The number of nitrogens with one attached hydrogen (secondary N) is 2. The van der Waals surface area contributed by atoms with Crippen LogP contribution in [0.5, 0.6) is 0 Å². The molecule has 1 aromatic rings. The first-order valence-electron chi connectivity index (χ1n) is 5.52. The van der Waals surface area contributed by atoms with Crippen LogP contribution in [0.15, 0.2) is 12.1 Å². The molecule has 0 fully saturated rings. The van der Waals surface area contributed by atoms with Gasteiger partial charge in [-0.05, 0) is 19.1 Å². The molecule has 1 aromatic heterocycles. The monoisotopic (exact) mass is 238 g/mol. The summed E-state index contributed by atoms with van der Waals surface area (Å²) in [6.45, 7) is 3.48. The number of methoxy groups -OCH3 is 1. The molecule has 0 radical (unpaired) electrons. The van der Waals surface area contributed by atoms with Gasteiger partial charge in [-0.15, -0.1) is 5.10 Å². The zero-order valence-electron chi connectivity index (χ0n) is 10.2. The number of carbonyl (C=O) groups excluding carboxylic acids is 1. The van der Waals surface area contributed by atoms with Gasteiger partial charge in [-0.2, -0.15) is 5.10 Å². The highest BCUT2D eigenvalue weighted by Gasteiger charge is 2.00. The second kappa shape index (κ2) is 7.56. The van der Waals surface area contributed by atoms with Crippen molar-refractivity contribution in [3.63, 3.8) is 0 Å². The molecule has 0 aliphatic carbocycles. The first-order chi connectivity index (χ1) is 8.22. The summed E-state index contributed by atoms with van der Waals surface area (Å²) >= 11 is 0. The zero-order valence-corrected chi connectivity index (χ0v) is 10.2. The normalized spacial score (nSPS) is 10.0. The minimum absolute atomic E-state index is 0.00498. The smallest absolute Gasteiger partial charge is 0.221 e. The van der Waals surface area contributed by atoms with E-state index >= 15 is 0 Å². The third-order valence-corrected chi connectivity index (χ3v) is 2.08. The second-order valence-corrected chi connectivity index (χ2v) is 3.58. The van der Waals surface area contributed by atoms with Gasteiger partial charge in [0, 0.05) is 26.6 Å². The van der Waals surface area contributed by atoms with Crippen LogP contribution >= 0.6 is 0 Å². The Morgan fingerprint density at radius 1 is 1.35 bits per heavy atom. The molecule has 17 heavy (non-hydrogen) atoms. The topological polar surface area (TPSA) is 76.1 Å². The minimum atomic E-state index is -0.00498. The van der Waals surface area contributed by atoms with Gasteiger partial charge >= 0.3 is 0 Å². The molecule has 0 aromatic carbocycles. The van der Waals surface area contributed by atoms with Gasteiger partial charge in [-0.3, -0.25) is 4.79 Å². The van der Waals surface area contributed by atoms with Crippen LogP contribution in [0, 0.1) is 6.92 Å². The van der Waals surface area contributed by atoms with Crippen molar-refractivity contribution in [2.45, 2.75) is 13.3 Å². The quantitative estimate of drug-likeness (QED) is 0.670. The molecule has 94 valence electrons. The summed E-state index contributed by atoms with van der Waals surface area (Å²) in [5.41, 5.74) is 0.868. The third-order valence-electron chi connectivity index (χ3n) is 2.08. The highest BCUT2D eigenvalue weighted by atomic mass is 16.5. The van der Waals surface area contributed by atoms with Crippen LogP contribution in [0.3, 0.4) is 0 Å². The molecule has 6 heteroatoms. The van der Waals surface area contributed by atoms with E-state index in [0.29, 0.717) is 31.9 Å². The van der Waals surface area contributed by atoms with Crippen molar-refractivity contribution in [1.29, 1.82) is 0 Å². The fourth-order valence-electron chi connectivity index (χ4n) is 1.18. The first-order valence-corrected chi connectivity index (χ1v) is 5.52. The Labute approximate surface area is 101 Å². The molecule has 1 rings (SSSR count). The van der Waals surface area contributed by atoms with Crippen LogP contribution in [-0.4, -0.2) is 42.9 Å². The van der Waals surface area contributed by atoms with Crippen molar-refractivity contribution >= 4 is 11.7 Å². The number of ether oxygens (including phenoxy) is 1. The molecule has 0 saturated carbocycles. The summed E-state index contributed by atoms with van der Waals surface area (Å²) in [5.74, 6) is 0.676. The minimum Gasteiger partial charge on any atom is -0.383 e. The first kappa shape index (κ1) is 13.4. The van der Waals surface area contributed by atoms with E-state index in [-0.39, 0.29) is 5.91 Å². The number of carbonyl (C=O) groups is 1. The molecule has 1 heterocycles. The van der Waals surface area contributed by atoms with Crippen LogP contribution in [0.2, 0.25) is 0 Å². The fourth-order valence-corrected chi connectivity index (χ4v) is 1.18. The number of hydrogen-bond donors (Lipinski definition) is 2. The lowest BCUT2D eigenvalue weighted by Crippen LogP contribution is -2.28. The number of amides is 1. The molecule has 2 N–H and O–H groups in total. The Hall–Kier alpha value is -1.69. The van der Waals surface area contributed by atoms with E-state index < -0.39 is 0 Å². The van der Waals surface area contributed by atoms with E-state index in [1.807, 2.05) is 19.1 Å². The summed E-state index contributed by atoms with van der Waals surface area (Å²) < 4.78 is 4.83. The number of anilines is 1. The van der Waals surface area contributed by atoms with E-state index in [1.165, 1.54) is 0 Å². The third kappa shape index (κ3) is 5.82. The number of rotatable bonds is 7. The Morgan fingerprint density at radius 2 is 2.18 bits per heavy atom. The van der Waals surface area contributed by atoms with Gasteiger partial charge < -0.3 is 15.4 Å². The molecule has 0 spiro atoms. The average Bonchev–Trinajstić information content (AvgIpc) is 2.32. The van der Waals surface area contributed by atoms with Crippen LogP contribution in [0.1, 0.15) is 12.1 Å². The SMILES string of the molecule is COCCNC(=O)CCNc1ccc(C)nn1. The number of nitrogens with zero attached hydrogens (tertiary/aromatic N) is 2. The predicted octanol–water partition coefficient (Wildman–Crippen LogP) is 0.350. The Balaban J connectivity index is 2.14. The van der Waals surface area contributed by atoms with Crippen LogP contribution in [0.4, 0.5) is 5.82 Å². The van der Waals surface area contributed by atoms with E-state index in [9.17, 15) is 4.79 Å². The lowest BCUT2D eigenvalue weighted by molar-refractivity contribution is -0.121. The molecule has 0 unspecified atom stereocenters. The molecule has 0 saturated heterocycles. The highest BCUT2D eigenvalue weighted by molar-refractivity contribution is 5.76. The molecular weight excluding hydrogens is 220 g/mol. The standard InChI is InChI=1S/C11H18N4O2/c1-9-3-4-10(15-14-9)12-6-5-11(16)13-7-8-17-2/h3-4H,5-8H2,1-2H3,(H,12,15)(H,13,16). The molecule has 6 nitrogen and oxygen atoms in total. The Kier molecular flexibility index (Phi) is 5.95. The van der Waals surface area contributed by atoms with Gasteiger partial charge in [0.15, 0.2) is 0 Å². The molecule has 1 amide bonds. The second-order valence-electron chi connectivity index (χ2n) is 3.58. The summed E-state index contributed by atoms with van der Waals surface area (Å²) in [5, 5.41) is 13.6. The zero-order chi connectivity index (χ0) is 12.5. The fraction of sp³-hybridized carbons (Fsp3) is 0.545. The van der Waals surface area contributed by atoms with Gasteiger partial charge in [0.1, 0.15) is 5.82 Å². The molecular formula is C11H18N4O2. The highest BCUT2D eigenvalue weighted by Crippen LogP contribution is 2.00. The van der Waals surface area contributed by atoms with E-state index in [2.05, 4.69) is 20.8 Å². The van der Waals surface area contributed by atoms with Crippen molar-refractivity contribution in [1.82, 2.24) is 15.5 Å². The van der Waals surface area contributed by atoms with Crippen LogP contribution in [-0.2, 0) is 9.53 Å². The van der Waals surface area contributed by atoms with Gasteiger partial charge in [-0.1, -0.05) is 0 Å². The molecule has 0 aliphatic rings. The van der Waals surface area contributed by atoms with Crippen LogP contribution in [0.25, 0.3) is 0 Å². The summed E-state index contributed by atoms with van der Waals surface area (Å²) in [6, 6.07) is 3.71. The van der Waals surface area contributed by atoms with Crippen molar-refractivity contribution in [3.8, 4) is 0 Å². The van der Waals surface area contributed by atoms with Gasteiger partial charge in [0.25, 0.3) is 0 Å². The lowest BCUT2D eigenvalue weighted by atomic mass is 10.3. The maximum atomic E-state index is 11.3. The average molecular weight is 238 g/mol. The van der Waals surface area contributed by atoms with E-state index in [0.717, 1.165) is 5.69 Å². The van der Waals surface area contributed by atoms with Crippen molar-refractivity contribution in [2.24, 2.45) is 0 Å². The number of aromatic nitrogens is 2. The molecule has 0 bridgehead atoms. The maximum absolute atomic E-state index is 11.3. The summed E-state index contributed by atoms with van der Waals surface area (Å²) in [4.78, 5) is 11.3. The van der Waals surface area contributed by atoms with E-state index in [4.69, 9.17) is 4.74 Å². The van der Waals surface area contributed by atoms with E-state index in [1.54, 1.807) is 7.11 Å². The maximum Gasteiger partial charge on any atom is 0.221 e. The lowest BCUT2D eigenvalue weighted by Gasteiger charge is -2.06. The summed E-state index contributed by atoms with van der Waals surface area (Å²) in [6.07, 6.45) is 0.402. The van der Waals surface area contributed by atoms with Crippen LogP contribution < -0.4 is 10.6 Å². The largest absolute Gasteiger partial charge is 0.383 e. The number of hydrogen-bond acceptors (Lipinski definition) is 5. The number of aryl methyl sites for hydroxylation is 1.